The summed E-state index contributed by atoms with van der Waals surface area (Å²) in [4.78, 5) is 18.8. The van der Waals surface area contributed by atoms with Crippen molar-refractivity contribution in [2.75, 3.05) is 0 Å². The van der Waals surface area contributed by atoms with Crippen LogP contribution in [0.25, 0.3) is 0 Å². The summed E-state index contributed by atoms with van der Waals surface area (Å²) in [6.45, 7) is 1.88. The van der Waals surface area contributed by atoms with Crippen molar-refractivity contribution in [2.45, 2.75) is 19.3 Å². The molecule has 2 rings (SSSR count). The Bertz CT molecular complexity index is 351. The molecule has 4 nitrogen and oxygen atoms in total. The fourth-order valence-electron chi connectivity index (χ4n) is 1.40. The maximum Gasteiger partial charge on any atom is 0.307 e. The van der Waals surface area contributed by atoms with Gasteiger partial charge < -0.3 is 5.11 Å². The van der Waals surface area contributed by atoms with Crippen LogP contribution in [0, 0.1) is 12.8 Å². The van der Waals surface area contributed by atoms with Gasteiger partial charge in [-0.15, -0.1) is 0 Å². The fraction of sp³-hybridized carbons (Fsp3) is 0.444. The van der Waals surface area contributed by atoms with Crippen LogP contribution in [0.1, 0.15) is 23.9 Å². The monoisotopic (exact) mass is 178 g/mol. The Kier molecular flexibility index (Phi) is 1.76. The fourth-order valence-corrected chi connectivity index (χ4v) is 1.40. The highest BCUT2D eigenvalue weighted by Crippen LogP contribution is 2.45. The first-order chi connectivity index (χ1) is 6.18. The van der Waals surface area contributed by atoms with E-state index in [0.717, 1.165) is 5.69 Å². The van der Waals surface area contributed by atoms with E-state index in [-0.39, 0.29) is 11.8 Å². The molecule has 0 spiro atoms. The number of rotatable bonds is 2. The summed E-state index contributed by atoms with van der Waals surface area (Å²) in [6.07, 6.45) is 2.35. The van der Waals surface area contributed by atoms with Crippen LogP contribution in [0.15, 0.2) is 12.3 Å². The molecule has 68 valence electrons. The van der Waals surface area contributed by atoms with E-state index in [9.17, 15) is 4.79 Å². The first-order valence-electron chi connectivity index (χ1n) is 4.21. The van der Waals surface area contributed by atoms with E-state index < -0.39 is 5.97 Å². The van der Waals surface area contributed by atoms with E-state index in [1.54, 1.807) is 6.20 Å². The average molecular weight is 178 g/mol. The van der Waals surface area contributed by atoms with Gasteiger partial charge in [0.15, 0.2) is 0 Å². The second kappa shape index (κ2) is 2.80. The van der Waals surface area contributed by atoms with Crippen molar-refractivity contribution in [3.63, 3.8) is 0 Å². The van der Waals surface area contributed by atoms with Gasteiger partial charge in [-0.05, 0) is 19.4 Å². The van der Waals surface area contributed by atoms with Crippen LogP contribution in [-0.4, -0.2) is 21.0 Å². The van der Waals surface area contributed by atoms with Gasteiger partial charge in [-0.25, -0.2) is 9.97 Å². The normalized spacial score (nSPS) is 25.6. The van der Waals surface area contributed by atoms with Crippen molar-refractivity contribution < 1.29 is 9.90 Å². The lowest BCUT2D eigenvalue weighted by molar-refractivity contribution is -0.138. The molecule has 1 unspecified atom stereocenters. The predicted octanol–water partition coefficient (Wildman–Crippen LogP) is 0.973. The smallest absolute Gasteiger partial charge is 0.307 e. The van der Waals surface area contributed by atoms with Crippen LogP contribution in [0.5, 0.6) is 0 Å². The first-order valence-corrected chi connectivity index (χ1v) is 4.21. The quantitative estimate of drug-likeness (QED) is 0.733. The molecule has 0 bridgehead atoms. The standard InChI is InChI=1S/C9H10N2O2/c1-5-2-3-10-8(11-5)6-4-7(6)9(12)13/h2-3,6-7H,4H2,1H3,(H,12,13)/t6?,7-/m1/s1. The third-order valence-electron chi connectivity index (χ3n) is 2.25. The van der Waals surface area contributed by atoms with Crippen LogP contribution in [0.2, 0.25) is 0 Å². The maximum atomic E-state index is 10.6. The van der Waals surface area contributed by atoms with Gasteiger partial charge in [-0.2, -0.15) is 0 Å². The molecule has 4 heteroatoms. The van der Waals surface area contributed by atoms with Crippen molar-refractivity contribution in [2.24, 2.45) is 5.92 Å². The van der Waals surface area contributed by atoms with Crippen LogP contribution in [0.4, 0.5) is 0 Å². The Morgan fingerprint density at radius 3 is 3.00 bits per heavy atom. The lowest BCUT2D eigenvalue weighted by atomic mass is 10.3. The van der Waals surface area contributed by atoms with Gasteiger partial charge in [0.05, 0.1) is 5.92 Å². The summed E-state index contributed by atoms with van der Waals surface area (Å²) >= 11 is 0. The molecule has 0 aliphatic heterocycles. The molecular formula is C9H10N2O2. The molecule has 1 saturated carbocycles. The third kappa shape index (κ3) is 1.52. The van der Waals surface area contributed by atoms with E-state index in [1.807, 2.05) is 13.0 Å². The number of hydrogen-bond acceptors (Lipinski definition) is 3. The Morgan fingerprint density at radius 2 is 2.46 bits per heavy atom. The number of aromatic nitrogens is 2. The van der Waals surface area contributed by atoms with Gasteiger partial charge in [0.1, 0.15) is 5.82 Å². The summed E-state index contributed by atoms with van der Waals surface area (Å²) in [7, 11) is 0. The van der Waals surface area contributed by atoms with Gasteiger partial charge in [-0.3, -0.25) is 4.79 Å². The number of aliphatic carboxylic acids is 1. The number of carboxylic acid groups (broad SMARTS) is 1. The lowest BCUT2D eigenvalue weighted by Crippen LogP contribution is -2.01. The van der Waals surface area contributed by atoms with Crippen molar-refractivity contribution in [3.8, 4) is 0 Å². The van der Waals surface area contributed by atoms with Gasteiger partial charge in [-0.1, -0.05) is 0 Å². The van der Waals surface area contributed by atoms with Crippen molar-refractivity contribution in [1.82, 2.24) is 9.97 Å². The molecule has 1 aliphatic rings. The van der Waals surface area contributed by atoms with Gasteiger partial charge >= 0.3 is 5.97 Å². The molecule has 0 amide bonds. The minimum absolute atomic E-state index is 0.0393. The zero-order chi connectivity index (χ0) is 9.42. The van der Waals surface area contributed by atoms with E-state index >= 15 is 0 Å². The van der Waals surface area contributed by atoms with Crippen molar-refractivity contribution >= 4 is 5.97 Å². The van der Waals surface area contributed by atoms with Gasteiger partial charge in [0.25, 0.3) is 0 Å². The second-order valence-corrected chi connectivity index (χ2v) is 3.34. The van der Waals surface area contributed by atoms with E-state index in [2.05, 4.69) is 9.97 Å². The maximum absolute atomic E-state index is 10.6. The molecule has 1 aromatic rings. The highest BCUT2D eigenvalue weighted by Gasteiger charge is 2.46. The number of hydrogen-bond donors (Lipinski definition) is 1. The van der Waals surface area contributed by atoms with E-state index in [0.29, 0.717) is 12.2 Å². The van der Waals surface area contributed by atoms with Crippen molar-refractivity contribution in [3.05, 3.63) is 23.8 Å². The molecule has 1 heterocycles. The Labute approximate surface area is 75.6 Å². The molecule has 1 fully saturated rings. The molecule has 0 radical (unpaired) electrons. The molecule has 0 saturated heterocycles. The molecule has 1 aliphatic carbocycles. The minimum Gasteiger partial charge on any atom is -0.481 e. The second-order valence-electron chi connectivity index (χ2n) is 3.34. The van der Waals surface area contributed by atoms with E-state index in [4.69, 9.17) is 5.11 Å². The highest BCUT2D eigenvalue weighted by atomic mass is 16.4. The number of carboxylic acids is 1. The molecule has 2 atom stereocenters. The van der Waals surface area contributed by atoms with Crippen molar-refractivity contribution in [1.29, 1.82) is 0 Å². The number of nitrogens with zero attached hydrogens (tertiary/aromatic N) is 2. The predicted molar refractivity (Wildman–Crippen MR) is 45.3 cm³/mol. The summed E-state index contributed by atoms with van der Waals surface area (Å²) < 4.78 is 0. The summed E-state index contributed by atoms with van der Waals surface area (Å²) in [5.41, 5.74) is 0.890. The summed E-state index contributed by atoms with van der Waals surface area (Å²) in [5.74, 6) is -0.290. The van der Waals surface area contributed by atoms with Crippen LogP contribution < -0.4 is 0 Å². The summed E-state index contributed by atoms with van der Waals surface area (Å²) in [6, 6.07) is 1.81. The molecule has 1 aromatic heterocycles. The Hall–Kier alpha value is -1.45. The average Bonchev–Trinajstić information content (AvgIpc) is 2.82. The minimum atomic E-state index is -0.741. The Balaban J connectivity index is 2.16. The lowest BCUT2D eigenvalue weighted by Gasteiger charge is -1.97. The zero-order valence-electron chi connectivity index (χ0n) is 7.27. The molecule has 13 heavy (non-hydrogen) atoms. The first kappa shape index (κ1) is 8.16. The molecule has 0 aromatic carbocycles. The van der Waals surface area contributed by atoms with Crippen LogP contribution in [0.3, 0.4) is 0 Å². The van der Waals surface area contributed by atoms with Crippen LogP contribution in [-0.2, 0) is 4.79 Å². The van der Waals surface area contributed by atoms with Crippen LogP contribution >= 0.6 is 0 Å². The Morgan fingerprint density at radius 1 is 1.69 bits per heavy atom. The number of carbonyl (C=O) groups is 1. The molecular weight excluding hydrogens is 168 g/mol. The SMILES string of the molecule is Cc1ccnc(C2C[C@H]2C(=O)O)n1. The molecule has 1 N–H and O–H groups in total. The van der Waals surface area contributed by atoms with Gasteiger partial charge in [0, 0.05) is 17.8 Å². The van der Waals surface area contributed by atoms with Gasteiger partial charge in [0.2, 0.25) is 0 Å². The summed E-state index contributed by atoms with van der Waals surface area (Å²) in [5, 5.41) is 8.70. The third-order valence-corrected chi connectivity index (χ3v) is 2.25. The van der Waals surface area contributed by atoms with E-state index in [1.165, 1.54) is 0 Å². The number of aryl methyl sites for hydroxylation is 1. The largest absolute Gasteiger partial charge is 0.481 e. The topological polar surface area (TPSA) is 63.1 Å². The highest BCUT2D eigenvalue weighted by molar-refractivity contribution is 5.74. The zero-order valence-corrected chi connectivity index (χ0v) is 7.27.